The van der Waals surface area contributed by atoms with E-state index in [-0.39, 0.29) is 30.4 Å². The number of amides is 1. The molecule has 9 heteroatoms. The van der Waals surface area contributed by atoms with Crippen LogP contribution >= 0.6 is 22.6 Å². The molecule has 162 valence electrons. The molecular weight excluding hydrogens is 510 g/mol. The van der Waals surface area contributed by atoms with E-state index in [1.165, 1.54) is 17.0 Å². The number of β-amino-alcohol motifs (C(OH)–C–C–N with tert-alkyl or cyclic N) is 1. The minimum Gasteiger partial charge on any atom is -0.385 e. The van der Waals surface area contributed by atoms with Crippen molar-refractivity contribution in [2.24, 2.45) is 0 Å². The van der Waals surface area contributed by atoms with Crippen molar-refractivity contribution in [3.63, 3.8) is 0 Å². The summed E-state index contributed by atoms with van der Waals surface area (Å²) >= 11 is 1.93. The standard InChI is InChI=1S/C21H23F3IN3O2/c1-3-4-17(26-2)21(30)10-28(11-21)20(29)13-6-7-14(22)18(24)19(13)27-16-8-5-12(25)9-15(16)23/h5-9,17,26-27,30H,3-4,10-11H2,1-2H3/t17-/m1/s1. The van der Waals surface area contributed by atoms with Crippen LogP contribution in [-0.4, -0.2) is 47.7 Å². The lowest BCUT2D eigenvalue weighted by molar-refractivity contribution is -0.104. The number of carbonyl (C=O) groups is 1. The van der Waals surface area contributed by atoms with Gasteiger partial charge in [-0.2, -0.15) is 0 Å². The molecule has 3 rings (SSSR count). The van der Waals surface area contributed by atoms with Gasteiger partial charge in [-0.05, 0) is 66.4 Å². The van der Waals surface area contributed by atoms with Crippen molar-refractivity contribution >= 4 is 39.9 Å². The quantitative estimate of drug-likeness (QED) is 0.471. The van der Waals surface area contributed by atoms with Gasteiger partial charge in [0.2, 0.25) is 0 Å². The number of carbonyl (C=O) groups excluding carboxylic acids is 1. The maximum atomic E-state index is 14.5. The number of rotatable bonds is 7. The first-order chi connectivity index (χ1) is 14.2. The van der Waals surface area contributed by atoms with Gasteiger partial charge >= 0.3 is 0 Å². The Balaban J connectivity index is 1.86. The molecule has 2 aromatic carbocycles. The van der Waals surface area contributed by atoms with E-state index < -0.39 is 34.6 Å². The Bertz CT molecular complexity index is 951. The highest BCUT2D eigenvalue weighted by atomic mass is 127. The minimum absolute atomic E-state index is 0.0632. The second-order valence-electron chi connectivity index (χ2n) is 7.43. The van der Waals surface area contributed by atoms with Gasteiger partial charge in [-0.15, -0.1) is 0 Å². The first-order valence-corrected chi connectivity index (χ1v) is 10.7. The lowest BCUT2D eigenvalue weighted by Gasteiger charge is -2.50. The van der Waals surface area contributed by atoms with E-state index in [1.807, 2.05) is 29.5 Å². The fourth-order valence-corrected chi connectivity index (χ4v) is 4.15. The van der Waals surface area contributed by atoms with Crippen LogP contribution in [0, 0.1) is 21.0 Å². The number of nitrogens with zero attached hydrogens (tertiary/aromatic N) is 1. The van der Waals surface area contributed by atoms with Gasteiger partial charge in [-0.25, -0.2) is 13.2 Å². The van der Waals surface area contributed by atoms with Gasteiger partial charge in [-0.3, -0.25) is 4.79 Å². The number of benzene rings is 2. The number of hydrogen-bond donors (Lipinski definition) is 3. The normalized spacial score (nSPS) is 16.2. The summed E-state index contributed by atoms with van der Waals surface area (Å²) in [5.74, 6) is -3.65. The molecule has 0 saturated carbocycles. The first-order valence-electron chi connectivity index (χ1n) is 9.59. The van der Waals surface area contributed by atoms with Gasteiger partial charge < -0.3 is 20.6 Å². The Hall–Kier alpha value is -1.85. The highest BCUT2D eigenvalue weighted by molar-refractivity contribution is 14.1. The Morgan fingerprint density at radius 1 is 1.23 bits per heavy atom. The Morgan fingerprint density at radius 2 is 1.93 bits per heavy atom. The van der Waals surface area contributed by atoms with E-state index in [9.17, 15) is 23.1 Å². The smallest absolute Gasteiger partial charge is 0.256 e. The van der Waals surface area contributed by atoms with Crippen LogP contribution in [0.2, 0.25) is 0 Å². The first kappa shape index (κ1) is 22.8. The number of likely N-dealkylation sites (tertiary alicyclic amines) is 1. The molecule has 0 aromatic heterocycles. The van der Waals surface area contributed by atoms with Crippen LogP contribution in [0.1, 0.15) is 30.1 Å². The van der Waals surface area contributed by atoms with E-state index >= 15 is 0 Å². The predicted molar refractivity (Wildman–Crippen MR) is 117 cm³/mol. The van der Waals surface area contributed by atoms with E-state index in [1.54, 1.807) is 13.1 Å². The minimum atomic E-state index is -1.27. The number of anilines is 2. The summed E-state index contributed by atoms with van der Waals surface area (Å²) in [5.41, 5.74) is -1.73. The van der Waals surface area contributed by atoms with Gasteiger partial charge in [0.05, 0.1) is 30.0 Å². The summed E-state index contributed by atoms with van der Waals surface area (Å²) in [5, 5.41) is 16.4. The zero-order valence-electron chi connectivity index (χ0n) is 16.6. The number of likely N-dealkylation sites (N-methyl/N-ethyl adjacent to an activating group) is 1. The molecule has 1 heterocycles. The highest BCUT2D eigenvalue weighted by Gasteiger charge is 2.48. The predicted octanol–water partition coefficient (Wildman–Crippen LogP) is 4.03. The molecule has 2 aromatic rings. The third kappa shape index (κ3) is 4.42. The van der Waals surface area contributed by atoms with Crippen LogP contribution in [0.5, 0.6) is 0 Å². The fourth-order valence-electron chi connectivity index (χ4n) is 3.70. The summed E-state index contributed by atoms with van der Waals surface area (Å²) in [6.07, 6.45) is 1.60. The second-order valence-corrected chi connectivity index (χ2v) is 8.67. The molecule has 1 atom stereocenters. The van der Waals surface area contributed by atoms with E-state index in [2.05, 4.69) is 10.6 Å². The van der Waals surface area contributed by atoms with Crippen molar-refractivity contribution in [2.75, 3.05) is 25.5 Å². The van der Waals surface area contributed by atoms with Crippen LogP contribution < -0.4 is 10.6 Å². The zero-order valence-corrected chi connectivity index (χ0v) is 18.8. The number of nitrogens with one attached hydrogen (secondary N) is 2. The van der Waals surface area contributed by atoms with E-state index in [0.717, 1.165) is 25.0 Å². The molecule has 0 bridgehead atoms. The molecule has 30 heavy (non-hydrogen) atoms. The molecule has 0 spiro atoms. The topological polar surface area (TPSA) is 64.6 Å². The summed E-state index contributed by atoms with van der Waals surface area (Å²) in [6.45, 7) is 2.12. The molecule has 1 amide bonds. The maximum Gasteiger partial charge on any atom is 0.256 e. The van der Waals surface area contributed by atoms with Crippen LogP contribution in [0.15, 0.2) is 30.3 Å². The van der Waals surface area contributed by atoms with Crippen molar-refractivity contribution < 1.29 is 23.1 Å². The van der Waals surface area contributed by atoms with Crippen molar-refractivity contribution in [1.29, 1.82) is 0 Å². The summed E-state index contributed by atoms with van der Waals surface area (Å²) in [7, 11) is 1.75. The maximum absolute atomic E-state index is 14.5. The average Bonchev–Trinajstić information content (AvgIpc) is 2.68. The zero-order chi connectivity index (χ0) is 22.1. The summed E-state index contributed by atoms with van der Waals surface area (Å²) in [6, 6.07) is 6.06. The Morgan fingerprint density at radius 3 is 2.53 bits per heavy atom. The second kappa shape index (κ2) is 9.11. The van der Waals surface area contributed by atoms with Gasteiger partial charge in [-0.1, -0.05) is 13.3 Å². The number of hydrogen-bond acceptors (Lipinski definition) is 4. The van der Waals surface area contributed by atoms with Gasteiger partial charge in [0, 0.05) is 9.61 Å². The highest BCUT2D eigenvalue weighted by Crippen LogP contribution is 2.33. The monoisotopic (exact) mass is 533 g/mol. The molecule has 0 radical (unpaired) electrons. The molecule has 3 N–H and O–H groups in total. The van der Waals surface area contributed by atoms with Crippen LogP contribution in [0.25, 0.3) is 0 Å². The number of aliphatic hydroxyl groups is 1. The molecule has 0 unspecified atom stereocenters. The molecular formula is C21H23F3IN3O2. The third-order valence-electron chi connectivity index (χ3n) is 5.31. The molecule has 1 aliphatic heterocycles. The van der Waals surface area contributed by atoms with Gasteiger partial charge in [0.1, 0.15) is 11.4 Å². The van der Waals surface area contributed by atoms with Crippen molar-refractivity contribution in [3.8, 4) is 0 Å². The lowest BCUT2D eigenvalue weighted by atomic mass is 9.83. The fraction of sp³-hybridized carbons (Fsp3) is 0.381. The van der Waals surface area contributed by atoms with E-state index in [4.69, 9.17) is 0 Å². The SMILES string of the molecule is CCC[C@@H](NC)C1(O)CN(C(=O)c2ccc(F)c(F)c2Nc2ccc(I)cc2F)C1. The summed E-state index contributed by atoms with van der Waals surface area (Å²) in [4.78, 5) is 14.3. The van der Waals surface area contributed by atoms with Gasteiger partial charge in [0.15, 0.2) is 11.6 Å². The molecule has 1 aliphatic rings. The summed E-state index contributed by atoms with van der Waals surface area (Å²) < 4.78 is 43.3. The molecule has 0 aliphatic carbocycles. The van der Waals surface area contributed by atoms with Crippen LogP contribution in [-0.2, 0) is 0 Å². The van der Waals surface area contributed by atoms with Crippen molar-refractivity contribution in [1.82, 2.24) is 10.2 Å². The van der Waals surface area contributed by atoms with E-state index in [0.29, 0.717) is 3.57 Å². The van der Waals surface area contributed by atoms with Crippen molar-refractivity contribution in [3.05, 3.63) is 56.9 Å². The Labute approximate surface area is 186 Å². The average molecular weight is 533 g/mol. The van der Waals surface area contributed by atoms with Gasteiger partial charge in [0.25, 0.3) is 5.91 Å². The third-order valence-corrected chi connectivity index (χ3v) is 5.98. The van der Waals surface area contributed by atoms with Crippen LogP contribution in [0.3, 0.4) is 0 Å². The van der Waals surface area contributed by atoms with Crippen molar-refractivity contribution in [2.45, 2.75) is 31.4 Å². The number of halogens is 4. The molecule has 5 nitrogen and oxygen atoms in total. The lowest BCUT2D eigenvalue weighted by Crippen LogP contribution is -2.71. The molecule has 1 saturated heterocycles. The Kier molecular flexibility index (Phi) is 6.93. The molecule has 1 fully saturated rings. The van der Waals surface area contributed by atoms with Crippen LogP contribution in [0.4, 0.5) is 24.5 Å². The largest absolute Gasteiger partial charge is 0.385 e.